The van der Waals surface area contributed by atoms with Gasteiger partial charge in [-0.1, -0.05) is 6.08 Å². The van der Waals surface area contributed by atoms with Crippen LogP contribution in [0.3, 0.4) is 0 Å². The number of nitrogens with two attached hydrogens (primary N) is 1. The summed E-state index contributed by atoms with van der Waals surface area (Å²) >= 11 is 1.99. The lowest BCUT2D eigenvalue weighted by Crippen LogP contribution is -2.38. The lowest BCUT2D eigenvalue weighted by molar-refractivity contribution is -0.126. The van der Waals surface area contributed by atoms with Gasteiger partial charge in [-0.3, -0.25) is 4.79 Å². The number of likely N-dealkylation sites (tertiary alicyclic amines) is 1. The third-order valence-corrected chi connectivity index (χ3v) is 3.97. The van der Waals surface area contributed by atoms with Gasteiger partial charge in [0.2, 0.25) is 5.91 Å². The summed E-state index contributed by atoms with van der Waals surface area (Å²) in [7, 11) is 0. The molecule has 0 saturated carbocycles. The fourth-order valence-electron chi connectivity index (χ4n) is 1.93. The van der Waals surface area contributed by atoms with E-state index in [1.807, 2.05) is 16.7 Å². The number of hydrogen-bond acceptors (Lipinski definition) is 3. The Morgan fingerprint density at radius 1 is 1.69 bits per heavy atom. The molecule has 2 unspecified atom stereocenters. The van der Waals surface area contributed by atoms with Crippen molar-refractivity contribution in [1.29, 1.82) is 0 Å². The molecule has 2 aliphatic rings. The molecule has 3 nitrogen and oxygen atoms in total. The van der Waals surface area contributed by atoms with Gasteiger partial charge >= 0.3 is 0 Å². The molecule has 0 radical (unpaired) electrons. The van der Waals surface area contributed by atoms with Crippen molar-refractivity contribution < 1.29 is 4.79 Å². The molecule has 2 atom stereocenters. The second-order valence-corrected chi connectivity index (χ2v) is 4.81. The molecule has 2 saturated heterocycles. The molecule has 1 amide bonds. The van der Waals surface area contributed by atoms with E-state index < -0.39 is 0 Å². The van der Waals surface area contributed by atoms with E-state index in [0.29, 0.717) is 17.8 Å². The maximum absolute atomic E-state index is 11.6. The molecule has 13 heavy (non-hydrogen) atoms. The number of carbonyl (C=O) groups is 1. The summed E-state index contributed by atoms with van der Waals surface area (Å²) < 4.78 is 0. The molecule has 4 heteroatoms. The molecule has 2 aliphatic heterocycles. The van der Waals surface area contributed by atoms with E-state index in [2.05, 4.69) is 0 Å². The highest BCUT2D eigenvalue weighted by molar-refractivity contribution is 8.00. The smallest absolute Gasteiger partial charge is 0.246 e. The topological polar surface area (TPSA) is 46.3 Å². The van der Waals surface area contributed by atoms with Gasteiger partial charge in [-0.05, 0) is 6.42 Å². The molecule has 0 aromatic heterocycles. The van der Waals surface area contributed by atoms with E-state index in [9.17, 15) is 4.79 Å². The Morgan fingerprint density at radius 3 is 3.08 bits per heavy atom. The first-order chi connectivity index (χ1) is 6.31. The van der Waals surface area contributed by atoms with Crippen molar-refractivity contribution in [2.45, 2.75) is 17.7 Å². The Morgan fingerprint density at radius 2 is 2.54 bits per heavy atom. The van der Waals surface area contributed by atoms with Crippen molar-refractivity contribution in [3.05, 3.63) is 12.2 Å². The molecule has 2 bridgehead atoms. The van der Waals surface area contributed by atoms with Crippen molar-refractivity contribution in [1.82, 2.24) is 4.90 Å². The predicted molar refractivity (Wildman–Crippen MR) is 54.6 cm³/mol. The van der Waals surface area contributed by atoms with E-state index in [4.69, 9.17) is 5.73 Å². The minimum absolute atomic E-state index is 0.137. The van der Waals surface area contributed by atoms with Crippen molar-refractivity contribution in [3.8, 4) is 0 Å². The lowest BCUT2D eigenvalue weighted by Gasteiger charge is -2.25. The monoisotopic (exact) mass is 198 g/mol. The van der Waals surface area contributed by atoms with Gasteiger partial charge in [0.1, 0.15) is 0 Å². The lowest BCUT2D eigenvalue weighted by atomic mass is 10.2. The summed E-state index contributed by atoms with van der Waals surface area (Å²) in [4.78, 5) is 13.5. The molecule has 72 valence electrons. The van der Waals surface area contributed by atoms with Gasteiger partial charge in [-0.15, -0.1) is 0 Å². The summed E-state index contributed by atoms with van der Waals surface area (Å²) in [5, 5.41) is 0.695. The zero-order chi connectivity index (χ0) is 9.26. The van der Waals surface area contributed by atoms with Crippen LogP contribution >= 0.6 is 11.8 Å². The predicted octanol–water partition coefficient (Wildman–Crippen LogP) is 0.218. The van der Waals surface area contributed by atoms with Crippen LogP contribution < -0.4 is 5.73 Å². The Kier molecular flexibility index (Phi) is 2.60. The van der Waals surface area contributed by atoms with Crippen molar-refractivity contribution in [3.63, 3.8) is 0 Å². The molecule has 0 spiro atoms. The van der Waals surface area contributed by atoms with E-state index >= 15 is 0 Å². The van der Waals surface area contributed by atoms with Crippen LogP contribution in [0, 0.1) is 0 Å². The van der Waals surface area contributed by atoms with Crippen LogP contribution in [-0.4, -0.2) is 40.9 Å². The zero-order valence-corrected chi connectivity index (χ0v) is 8.30. The summed E-state index contributed by atoms with van der Waals surface area (Å²) in [5.74, 6) is 1.26. The van der Waals surface area contributed by atoms with Crippen LogP contribution in [0.2, 0.25) is 0 Å². The number of amides is 1. The molecule has 2 fully saturated rings. The number of hydrogen-bond donors (Lipinski definition) is 1. The molecule has 2 heterocycles. The summed E-state index contributed by atoms with van der Waals surface area (Å²) in [6.45, 7) is 1.38. The highest BCUT2D eigenvalue weighted by atomic mass is 32.2. The van der Waals surface area contributed by atoms with E-state index in [0.717, 1.165) is 12.3 Å². The first-order valence-corrected chi connectivity index (χ1v) is 5.65. The molecular weight excluding hydrogens is 184 g/mol. The molecule has 0 aromatic rings. The zero-order valence-electron chi connectivity index (χ0n) is 7.48. The second-order valence-electron chi connectivity index (χ2n) is 3.47. The van der Waals surface area contributed by atoms with Crippen LogP contribution in [0.4, 0.5) is 0 Å². The Balaban J connectivity index is 1.95. The van der Waals surface area contributed by atoms with Crippen LogP contribution in [0.5, 0.6) is 0 Å². The normalized spacial score (nSPS) is 31.9. The molecule has 0 aromatic carbocycles. The van der Waals surface area contributed by atoms with E-state index in [1.165, 1.54) is 6.42 Å². The highest BCUT2D eigenvalue weighted by Gasteiger charge is 2.39. The minimum atomic E-state index is 0.137. The van der Waals surface area contributed by atoms with Crippen molar-refractivity contribution in [2.24, 2.45) is 5.73 Å². The van der Waals surface area contributed by atoms with Crippen LogP contribution in [0.15, 0.2) is 12.2 Å². The number of nitrogens with zero attached hydrogens (tertiary/aromatic N) is 1. The van der Waals surface area contributed by atoms with Gasteiger partial charge in [0.05, 0.1) is 0 Å². The van der Waals surface area contributed by atoms with E-state index in [1.54, 1.807) is 12.2 Å². The number of carbonyl (C=O) groups excluding carboxylic acids is 1. The summed E-state index contributed by atoms with van der Waals surface area (Å²) in [5.41, 5.74) is 5.29. The van der Waals surface area contributed by atoms with Crippen LogP contribution in [-0.2, 0) is 4.79 Å². The van der Waals surface area contributed by atoms with Crippen LogP contribution in [0.1, 0.15) is 6.42 Å². The van der Waals surface area contributed by atoms with Crippen molar-refractivity contribution in [2.75, 3.05) is 18.8 Å². The van der Waals surface area contributed by atoms with Gasteiger partial charge in [-0.25, -0.2) is 0 Å². The van der Waals surface area contributed by atoms with Crippen LogP contribution in [0.25, 0.3) is 0 Å². The Hall–Kier alpha value is -0.480. The maximum Gasteiger partial charge on any atom is 0.246 e. The van der Waals surface area contributed by atoms with E-state index in [-0.39, 0.29) is 5.91 Å². The third-order valence-electron chi connectivity index (χ3n) is 2.58. The average molecular weight is 198 g/mol. The number of rotatable bonds is 2. The largest absolute Gasteiger partial charge is 0.334 e. The summed E-state index contributed by atoms with van der Waals surface area (Å²) in [6, 6.07) is 0.491. The molecule has 0 aliphatic carbocycles. The number of fused-ring (bicyclic) bond motifs is 2. The maximum atomic E-state index is 11.6. The van der Waals surface area contributed by atoms with Gasteiger partial charge < -0.3 is 10.6 Å². The van der Waals surface area contributed by atoms with Gasteiger partial charge in [0.25, 0.3) is 0 Å². The fourth-order valence-corrected chi connectivity index (χ4v) is 3.37. The quantitative estimate of drug-likeness (QED) is 0.646. The van der Waals surface area contributed by atoms with Gasteiger partial charge in [0, 0.05) is 36.2 Å². The standard InChI is InChI=1S/C9H14N2OS/c10-3-1-2-9(12)11-5-8-4-7(11)6-13-8/h1-2,7-8H,3-6,10H2/b2-1+. The first-order valence-electron chi connectivity index (χ1n) is 4.60. The Bertz CT molecular complexity index is 242. The number of thioether (sulfide) groups is 1. The third kappa shape index (κ3) is 1.74. The molecular formula is C9H14N2OS. The van der Waals surface area contributed by atoms with Gasteiger partial charge in [-0.2, -0.15) is 11.8 Å². The SMILES string of the molecule is NC/C=C/C(=O)N1CC2CC1CS2. The minimum Gasteiger partial charge on any atom is -0.334 e. The first kappa shape index (κ1) is 9.09. The Labute approximate surface area is 82.3 Å². The summed E-state index contributed by atoms with van der Waals surface area (Å²) in [6.07, 6.45) is 4.51. The highest BCUT2D eigenvalue weighted by Crippen LogP contribution is 2.37. The fraction of sp³-hybridized carbons (Fsp3) is 0.667. The average Bonchev–Trinajstić information content (AvgIpc) is 2.74. The molecule has 2 rings (SSSR count). The molecule has 2 N–H and O–H groups in total. The van der Waals surface area contributed by atoms with Gasteiger partial charge in [0.15, 0.2) is 0 Å². The van der Waals surface area contributed by atoms with Crippen molar-refractivity contribution >= 4 is 17.7 Å². The second kappa shape index (κ2) is 3.72.